The Kier molecular flexibility index (Phi) is 14.4. The SMILES string of the molecule is COc1nc2[nH]cc(F)c2cc1Oc1cc(N2CCC3(CC2)CC(N2CCN(Cc4ccnc5c4NC4CC4O5)C[C@H]2c2ccccc2C(C)C)C3)ccc1C(=O)NS(=O)(=O)c1cnc(NCC2CCC(C)(O)CC2)c([NH+](C)[O-])c1. The Hall–Kier alpha value is -6.62. The summed E-state index contributed by atoms with van der Waals surface area (Å²) in [4.78, 5) is 37.7. The second-order valence-corrected chi connectivity index (χ2v) is 25.5. The van der Waals surface area contributed by atoms with Gasteiger partial charge in [-0.3, -0.25) is 14.6 Å². The van der Waals surface area contributed by atoms with Gasteiger partial charge in [0.25, 0.3) is 21.8 Å². The number of amides is 1. The maximum absolute atomic E-state index is 15.0. The average Bonchev–Trinajstić information content (AvgIpc) is 3.99. The van der Waals surface area contributed by atoms with Crippen molar-refractivity contribution in [2.45, 2.75) is 126 Å². The average molecular weight is 1110 g/mol. The number of rotatable bonds is 16. The van der Waals surface area contributed by atoms with Crippen LogP contribution < -0.4 is 39.5 Å². The largest absolute Gasteiger partial charge is 0.629 e. The summed E-state index contributed by atoms with van der Waals surface area (Å²) < 4.78 is 63.4. The molecular formula is C59H72FN11O8S. The van der Waals surface area contributed by atoms with Gasteiger partial charge in [0.15, 0.2) is 17.3 Å². The number of hydrogen-bond donors (Lipinski definition) is 6. The third-order valence-corrected chi connectivity index (χ3v) is 19.2. The third-order valence-electron chi connectivity index (χ3n) is 17.9. The second kappa shape index (κ2) is 21.4. The lowest BCUT2D eigenvalue weighted by Gasteiger charge is -2.58. The Morgan fingerprint density at radius 2 is 1.81 bits per heavy atom. The number of nitrogens with zero attached hydrogens (tertiary/aromatic N) is 6. The van der Waals surface area contributed by atoms with Crippen LogP contribution in [0.2, 0.25) is 0 Å². The van der Waals surface area contributed by atoms with Crippen molar-refractivity contribution in [1.82, 2.24) is 34.5 Å². The number of benzene rings is 2. The van der Waals surface area contributed by atoms with Gasteiger partial charge in [0.05, 0.1) is 42.9 Å². The van der Waals surface area contributed by atoms with Crippen LogP contribution in [0.1, 0.15) is 118 Å². The minimum absolute atomic E-state index is 0.00209. The summed E-state index contributed by atoms with van der Waals surface area (Å²) in [5, 5.41) is 29.9. The number of carbonyl (C=O) groups is 1. The molecule has 19 nitrogen and oxygen atoms in total. The maximum Gasteiger partial charge on any atom is 0.268 e. The number of quaternary nitrogens is 1. The number of hydroxylamine groups is 1. The Morgan fingerprint density at radius 1 is 1.02 bits per heavy atom. The fourth-order valence-electron chi connectivity index (χ4n) is 13.0. The van der Waals surface area contributed by atoms with Gasteiger partial charge in [-0.05, 0) is 110 Å². The first kappa shape index (κ1) is 54.0. The molecule has 6 N–H and O–H groups in total. The van der Waals surface area contributed by atoms with E-state index in [9.17, 15) is 27.9 Å². The number of sulfonamides is 1. The number of anilines is 3. The van der Waals surface area contributed by atoms with E-state index in [4.69, 9.17) is 14.2 Å². The second-order valence-electron chi connectivity index (χ2n) is 23.8. The molecule has 3 saturated carbocycles. The van der Waals surface area contributed by atoms with E-state index >= 15 is 0 Å². The number of carbonyl (C=O) groups excluding carboxylic acids is 1. The van der Waals surface area contributed by atoms with Crippen LogP contribution in [0.15, 0.2) is 84.1 Å². The number of halogens is 1. The van der Waals surface area contributed by atoms with Gasteiger partial charge in [0.2, 0.25) is 5.88 Å². The highest BCUT2D eigenvalue weighted by Gasteiger charge is 2.50. The fraction of sp³-hybridized carbons (Fsp3) is 0.492. The number of aliphatic hydroxyl groups is 1. The zero-order chi connectivity index (χ0) is 55.7. The molecule has 3 unspecified atom stereocenters. The molecule has 1 spiro atoms. The number of hydrogen-bond acceptors (Lipinski definition) is 16. The molecule has 6 aromatic rings. The summed E-state index contributed by atoms with van der Waals surface area (Å²) in [5.41, 5.74) is 5.47. The molecule has 1 amide bonds. The van der Waals surface area contributed by atoms with Crippen molar-refractivity contribution < 1.29 is 42.0 Å². The molecule has 5 fully saturated rings. The monoisotopic (exact) mass is 1110 g/mol. The topological polar surface area (TPSA) is 227 Å². The van der Waals surface area contributed by atoms with E-state index in [0.717, 1.165) is 108 Å². The number of ether oxygens (including phenoxy) is 3. The highest BCUT2D eigenvalue weighted by Crippen LogP contribution is 2.54. The number of H-pyrrole nitrogens is 1. The number of nitrogens with one attached hydrogen (secondary N) is 5. The predicted molar refractivity (Wildman–Crippen MR) is 302 cm³/mol. The van der Waals surface area contributed by atoms with Crippen LogP contribution in [0.5, 0.6) is 23.3 Å². The Morgan fingerprint density at radius 3 is 2.58 bits per heavy atom. The van der Waals surface area contributed by atoms with Gasteiger partial charge < -0.3 is 50.1 Å². The number of aromatic amines is 1. The van der Waals surface area contributed by atoms with E-state index in [-0.39, 0.29) is 73.9 Å². The highest BCUT2D eigenvalue weighted by atomic mass is 32.2. The number of fused-ring (bicyclic) bond motifs is 3. The van der Waals surface area contributed by atoms with Crippen LogP contribution in [-0.4, -0.2) is 126 Å². The molecular weight excluding hydrogens is 1040 g/mol. The van der Waals surface area contributed by atoms with Crippen molar-refractivity contribution in [3.8, 4) is 23.3 Å². The Bertz CT molecular complexity index is 3410. The minimum atomic E-state index is -4.60. The molecule has 424 valence electrons. The van der Waals surface area contributed by atoms with Crippen LogP contribution in [0.4, 0.5) is 27.3 Å². The third kappa shape index (κ3) is 10.9. The summed E-state index contributed by atoms with van der Waals surface area (Å²) in [5.74, 6) is 0.0354. The number of piperidine rings is 1. The molecule has 0 bridgehead atoms. The van der Waals surface area contributed by atoms with Crippen LogP contribution in [0, 0.1) is 22.4 Å². The van der Waals surface area contributed by atoms with Gasteiger partial charge in [0.1, 0.15) is 33.9 Å². The van der Waals surface area contributed by atoms with E-state index in [1.807, 2.05) is 13.1 Å². The van der Waals surface area contributed by atoms with E-state index in [2.05, 4.69) is 94.2 Å². The zero-order valence-corrected chi connectivity index (χ0v) is 46.9. The number of aromatic nitrogens is 4. The molecule has 6 aliphatic rings. The molecule has 4 atom stereocenters. The number of pyridine rings is 3. The van der Waals surface area contributed by atoms with Crippen molar-refractivity contribution >= 4 is 49.8 Å². The van der Waals surface area contributed by atoms with Crippen LogP contribution in [-0.2, 0) is 16.6 Å². The first-order valence-corrected chi connectivity index (χ1v) is 29.7. The normalized spacial score (nSPS) is 24.3. The molecule has 3 aliphatic carbocycles. The van der Waals surface area contributed by atoms with E-state index in [1.54, 1.807) is 12.1 Å². The van der Waals surface area contributed by atoms with Gasteiger partial charge in [-0.15, -0.1) is 0 Å². The number of piperazine rings is 1. The molecule has 4 aromatic heterocycles. The molecule has 0 radical (unpaired) electrons. The quantitative estimate of drug-likeness (QED) is 0.0509. The van der Waals surface area contributed by atoms with Crippen LogP contribution in [0.3, 0.4) is 0 Å². The summed E-state index contributed by atoms with van der Waals surface area (Å²) in [6.45, 7) is 12.1. The lowest BCUT2D eigenvalue weighted by atomic mass is 9.59. The molecule has 21 heteroatoms. The van der Waals surface area contributed by atoms with Gasteiger partial charge in [-0.2, -0.15) is 4.98 Å². The lowest BCUT2D eigenvalue weighted by molar-refractivity contribution is -0.751. The van der Waals surface area contributed by atoms with Gasteiger partial charge in [-0.1, -0.05) is 38.1 Å². The molecule has 2 saturated heterocycles. The van der Waals surface area contributed by atoms with Crippen molar-refractivity contribution in [2.24, 2.45) is 11.3 Å². The molecule has 2 aromatic carbocycles. The van der Waals surface area contributed by atoms with Crippen LogP contribution >= 0.6 is 0 Å². The summed E-state index contributed by atoms with van der Waals surface area (Å²) in [6.07, 6.45) is 12.4. The fourth-order valence-corrected chi connectivity index (χ4v) is 14.0. The Balaban J connectivity index is 0.754. The van der Waals surface area contributed by atoms with Gasteiger partial charge in [-0.25, -0.2) is 27.5 Å². The predicted octanol–water partition coefficient (Wildman–Crippen LogP) is 7.79. The standard InChI is InChI=1S/C59H72FN11O8S/c1-35(2)41-8-6-7-9-42(41)48-34-69(33-37-14-19-61-57-52(37)65-46-27-50(46)79-57)22-23-71(48)39-28-59(29-39)17-20-70(21-18-59)38-10-11-43(49(24-38)78-51-26-44-45(60)32-64-53(44)66-56(51)77-5)55(72)67-80(75,76)40-25-47(68(4)74)54(63-31-40)62-30-36-12-15-58(3,73)16-13-36/h6-11,14,19,24-26,31-32,35-36,39,46,48,50,65,68,73H,12-13,15-18,20-23,27-30,33-34H2,1-5H3,(H,62,63)(H,64,66)(H,67,72)/t36?,46?,48-,50?,58?/m0/s1. The van der Waals surface area contributed by atoms with E-state index in [1.165, 1.54) is 55.2 Å². The van der Waals surface area contributed by atoms with Crippen molar-refractivity contribution in [3.05, 3.63) is 113 Å². The molecule has 12 rings (SSSR count). The lowest BCUT2D eigenvalue weighted by Crippen LogP contribution is -2.98. The van der Waals surface area contributed by atoms with Crippen LogP contribution in [0.25, 0.3) is 11.0 Å². The van der Waals surface area contributed by atoms with Crippen molar-refractivity contribution in [3.63, 3.8) is 0 Å². The minimum Gasteiger partial charge on any atom is -0.629 e. The molecule has 7 heterocycles. The Labute approximate surface area is 466 Å². The molecule has 3 aliphatic heterocycles. The number of methoxy groups -OCH3 is 1. The summed E-state index contributed by atoms with van der Waals surface area (Å²) in [7, 11) is -1.88. The smallest absolute Gasteiger partial charge is 0.268 e. The first-order valence-electron chi connectivity index (χ1n) is 28.2. The highest BCUT2D eigenvalue weighted by molar-refractivity contribution is 7.90. The zero-order valence-electron chi connectivity index (χ0n) is 46.1. The first-order chi connectivity index (χ1) is 38.4. The van der Waals surface area contributed by atoms with Crippen molar-refractivity contribution in [2.75, 3.05) is 69.0 Å². The van der Waals surface area contributed by atoms with Gasteiger partial charge >= 0.3 is 0 Å². The summed E-state index contributed by atoms with van der Waals surface area (Å²) >= 11 is 0. The van der Waals surface area contributed by atoms with E-state index < -0.39 is 32.4 Å². The summed E-state index contributed by atoms with van der Waals surface area (Å²) in [6, 6.07) is 19.8. The maximum atomic E-state index is 15.0. The van der Waals surface area contributed by atoms with E-state index in [0.29, 0.717) is 37.4 Å². The van der Waals surface area contributed by atoms with Crippen molar-refractivity contribution in [1.29, 1.82) is 0 Å². The van der Waals surface area contributed by atoms with Gasteiger partial charge in [0, 0.05) is 101 Å². The molecule has 80 heavy (non-hydrogen) atoms.